The maximum Gasteiger partial charge on any atom is 0.330 e. The van der Waals surface area contributed by atoms with Crippen LogP contribution in [-0.4, -0.2) is 49.4 Å². The van der Waals surface area contributed by atoms with Crippen LogP contribution >= 0.6 is 0 Å². The molecule has 0 bridgehead atoms. The molecule has 9 nitrogen and oxygen atoms in total. The number of aliphatic hydroxyl groups excluding tert-OH is 2. The van der Waals surface area contributed by atoms with E-state index in [1.807, 2.05) is 4.98 Å². The zero-order valence-corrected chi connectivity index (χ0v) is 10.1. The smallest absolute Gasteiger partial charge is 0.330 e. The van der Waals surface area contributed by atoms with Gasteiger partial charge in [0, 0.05) is 12.3 Å². The van der Waals surface area contributed by atoms with Crippen molar-refractivity contribution in [3.05, 3.63) is 33.1 Å². The molecule has 4 atom stereocenters. The van der Waals surface area contributed by atoms with Gasteiger partial charge in [-0.15, -0.1) is 0 Å². The van der Waals surface area contributed by atoms with E-state index in [0.29, 0.717) is 0 Å². The molecule has 0 spiro atoms. The molecule has 0 unspecified atom stereocenters. The van der Waals surface area contributed by atoms with Crippen molar-refractivity contribution in [1.29, 1.82) is 0 Å². The fraction of sp³-hybridized carbons (Fsp3) is 0.600. The van der Waals surface area contributed by atoms with Crippen molar-refractivity contribution in [2.24, 2.45) is 5.73 Å². The molecule has 1 aromatic heterocycles. The summed E-state index contributed by atoms with van der Waals surface area (Å²) < 4.78 is 6.15. The highest BCUT2D eigenvalue weighted by Gasteiger charge is 2.62. The molecule has 1 saturated heterocycles. The van der Waals surface area contributed by atoms with Gasteiger partial charge in [0.2, 0.25) is 0 Å². The van der Waals surface area contributed by atoms with Gasteiger partial charge in [0.15, 0.2) is 11.4 Å². The van der Waals surface area contributed by atoms with Crippen molar-refractivity contribution >= 4 is 0 Å². The molecule has 2 rings (SSSR count). The molecular formula is C10H15N3O6. The van der Waals surface area contributed by atoms with Crippen molar-refractivity contribution in [2.75, 3.05) is 6.61 Å². The van der Waals surface area contributed by atoms with Crippen LogP contribution in [0.5, 0.6) is 0 Å². The van der Waals surface area contributed by atoms with Crippen LogP contribution in [0.2, 0.25) is 0 Å². The average Bonchev–Trinajstić information content (AvgIpc) is 2.50. The van der Waals surface area contributed by atoms with Gasteiger partial charge in [-0.2, -0.15) is 0 Å². The van der Waals surface area contributed by atoms with Gasteiger partial charge in [-0.1, -0.05) is 0 Å². The second kappa shape index (κ2) is 4.25. The van der Waals surface area contributed by atoms with Crippen LogP contribution in [0.1, 0.15) is 6.92 Å². The number of rotatable bonds is 2. The Kier molecular flexibility index (Phi) is 3.11. The Morgan fingerprint density at radius 1 is 1.58 bits per heavy atom. The molecule has 1 aromatic rings. The minimum Gasteiger partial charge on any atom is -0.394 e. The number of nitrogens with zero attached hydrogens (tertiary/aromatic N) is 1. The average molecular weight is 273 g/mol. The van der Waals surface area contributed by atoms with Crippen LogP contribution in [0.25, 0.3) is 0 Å². The first-order valence-corrected chi connectivity index (χ1v) is 5.54. The van der Waals surface area contributed by atoms with E-state index in [2.05, 4.69) is 0 Å². The lowest BCUT2D eigenvalue weighted by atomic mass is 9.97. The van der Waals surface area contributed by atoms with Gasteiger partial charge >= 0.3 is 5.69 Å². The topological polar surface area (TPSA) is 151 Å². The largest absolute Gasteiger partial charge is 0.394 e. The predicted octanol–water partition coefficient (Wildman–Crippen LogP) is -3.39. The van der Waals surface area contributed by atoms with E-state index in [1.54, 1.807) is 0 Å². The highest BCUT2D eigenvalue weighted by molar-refractivity contribution is 5.06. The molecule has 19 heavy (non-hydrogen) atoms. The van der Waals surface area contributed by atoms with E-state index in [1.165, 1.54) is 6.92 Å². The number of aromatic amines is 1. The van der Waals surface area contributed by atoms with E-state index in [0.717, 1.165) is 16.8 Å². The first-order chi connectivity index (χ1) is 8.74. The van der Waals surface area contributed by atoms with E-state index in [-0.39, 0.29) is 0 Å². The first kappa shape index (κ1) is 13.9. The summed E-state index contributed by atoms with van der Waals surface area (Å²) in [5.74, 6) is 0. The number of aromatic nitrogens is 2. The zero-order chi connectivity index (χ0) is 14.4. The fourth-order valence-corrected chi connectivity index (χ4v) is 2.15. The third-order valence-corrected chi connectivity index (χ3v) is 3.39. The van der Waals surface area contributed by atoms with Gasteiger partial charge in [0.05, 0.1) is 6.61 Å². The minimum atomic E-state index is -2.32. The third-order valence-electron chi connectivity index (χ3n) is 3.39. The van der Waals surface area contributed by atoms with Gasteiger partial charge in [-0.25, -0.2) is 4.79 Å². The summed E-state index contributed by atoms with van der Waals surface area (Å²) in [7, 11) is 0. The van der Waals surface area contributed by atoms with Crippen LogP contribution in [0.15, 0.2) is 21.9 Å². The molecule has 1 aliphatic heterocycles. The SMILES string of the molecule is C[C@@]1(n2ccc(=O)[nH]c2=O)O[C@H](CO)[C@@H](O)[C@@]1(N)O. The lowest BCUT2D eigenvalue weighted by Crippen LogP contribution is -2.64. The molecule has 1 fully saturated rings. The molecule has 1 aliphatic rings. The van der Waals surface area contributed by atoms with Crippen molar-refractivity contribution in [3.8, 4) is 0 Å². The lowest BCUT2D eigenvalue weighted by Gasteiger charge is -2.36. The number of hydrogen-bond acceptors (Lipinski definition) is 7. The van der Waals surface area contributed by atoms with Gasteiger partial charge in [0.25, 0.3) is 5.56 Å². The molecule has 0 aliphatic carbocycles. The highest BCUT2D eigenvalue weighted by Crippen LogP contribution is 2.39. The fourth-order valence-electron chi connectivity index (χ4n) is 2.15. The van der Waals surface area contributed by atoms with Crippen molar-refractivity contribution in [2.45, 2.75) is 30.6 Å². The second-order valence-corrected chi connectivity index (χ2v) is 4.57. The maximum atomic E-state index is 11.7. The van der Waals surface area contributed by atoms with Gasteiger partial charge in [-0.05, 0) is 6.92 Å². The number of ether oxygens (including phenoxy) is 1. The number of hydrogen-bond donors (Lipinski definition) is 5. The van der Waals surface area contributed by atoms with Crippen molar-refractivity contribution in [1.82, 2.24) is 9.55 Å². The summed E-state index contributed by atoms with van der Waals surface area (Å²) in [6, 6.07) is 1.05. The van der Waals surface area contributed by atoms with E-state index in [4.69, 9.17) is 15.6 Å². The molecule has 0 amide bonds. The monoisotopic (exact) mass is 273 g/mol. The van der Waals surface area contributed by atoms with E-state index in [9.17, 15) is 19.8 Å². The molecule has 0 aromatic carbocycles. The Hall–Kier alpha value is -1.52. The Morgan fingerprint density at radius 3 is 2.68 bits per heavy atom. The first-order valence-electron chi connectivity index (χ1n) is 5.54. The Morgan fingerprint density at radius 2 is 2.21 bits per heavy atom. The molecule has 106 valence electrons. The lowest BCUT2D eigenvalue weighted by molar-refractivity contribution is -0.184. The van der Waals surface area contributed by atoms with Crippen LogP contribution in [-0.2, 0) is 10.5 Å². The standard InChI is InChI=1S/C10H15N3O6/c1-9(13-3-2-6(15)12-8(13)17)10(11,18)7(16)5(4-14)19-9/h2-3,5,7,14,16,18H,4,11H2,1H3,(H,12,15,17)/t5-,7-,9-,10-/m1/s1. The highest BCUT2D eigenvalue weighted by atomic mass is 16.6. The number of aliphatic hydroxyl groups is 3. The predicted molar refractivity (Wildman–Crippen MR) is 62.1 cm³/mol. The molecule has 6 N–H and O–H groups in total. The van der Waals surface area contributed by atoms with Gasteiger partial charge in [0.1, 0.15) is 12.2 Å². The molecule has 0 radical (unpaired) electrons. The Bertz CT molecular complexity index is 593. The summed E-state index contributed by atoms with van der Waals surface area (Å²) >= 11 is 0. The van der Waals surface area contributed by atoms with Crippen molar-refractivity contribution < 1.29 is 20.1 Å². The third kappa shape index (κ3) is 1.83. The molecule has 0 saturated carbocycles. The second-order valence-electron chi connectivity index (χ2n) is 4.57. The summed E-state index contributed by atoms with van der Waals surface area (Å²) in [5, 5.41) is 29.0. The zero-order valence-electron chi connectivity index (χ0n) is 10.1. The molecule has 9 heteroatoms. The summed E-state index contributed by atoms with van der Waals surface area (Å²) in [6.07, 6.45) is -1.66. The van der Waals surface area contributed by atoms with E-state index >= 15 is 0 Å². The van der Waals surface area contributed by atoms with Gasteiger partial charge in [-0.3, -0.25) is 20.1 Å². The van der Waals surface area contributed by atoms with Crippen LogP contribution in [0.4, 0.5) is 0 Å². The molecule has 2 heterocycles. The van der Waals surface area contributed by atoms with Crippen LogP contribution in [0.3, 0.4) is 0 Å². The minimum absolute atomic E-state index is 0.589. The number of H-pyrrole nitrogens is 1. The summed E-state index contributed by atoms with van der Waals surface area (Å²) in [6.45, 7) is 0.681. The van der Waals surface area contributed by atoms with E-state index < -0.39 is 41.5 Å². The summed E-state index contributed by atoms with van der Waals surface area (Å²) in [4.78, 5) is 24.7. The van der Waals surface area contributed by atoms with Crippen LogP contribution in [0, 0.1) is 0 Å². The summed E-state index contributed by atoms with van der Waals surface area (Å²) in [5.41, 5.74) is -0.00611. The quantitative estimate of drug-likeness (QED) is 0.352. The van der Waals surface area contributed by atoms with Crippen LogP contribution < -0.4 is 17.0 Å². The normalized spacial score (nSPS) is 38.6. The maximum absolute atomic E-state index is 11.7. The van der Waals surface area contributed by atoms with Crippen molar-refractivity contribution in [3.63, 3.8) is 0 Å². The number of nitrogens with two attached hydrogens (primary N) is 1. The Balaban J connectivity index is 2.59. The molecular weight excluding hydrogens is 258 g/mol. The Labute approximate surface area is 106 Å². The number of nitrogens with one attached hydrogen (secondary N) is 1. The van der Waals surface area contributed by atoms with Gasteiger partial charge < -0.3 is 20.1 Å².